The summed E-state index contributed by atoms with van der Waals surface area (Å²) in [4.78, 5) is 27.1. The number of carbonyl (C=O) groups is 2. The van der Waals surface area contributed by atoms with Crippen LogP contribution in [0.4, 0.5) is 0 Å². The van der Waals surface area contributed by atoms with Gasteiger partial charge in [-0.15, -0.1) is 0 Å². The van der Waals surface area contributed by atoms with E-state index in [2.05, 4.69) is 0 Å². The van der Waals surface area contributed by atoms with Crippen LogP contribution in [0.1, 0.15) is 20.8 Å². The third kappa shape index (κ3) is 3.31. The fourth-order valence-corrected chi connectivity index (χ4v) is 2.60. The molecule has 0 atom stereocenters. The van der Waals surface area contributed by atoms with E-state index in [-0.39, 0.29) is 18.1 Å². The van der Waals surface area contributed by atoms with Crippen LogP contribution in [-0.2, 0) is 6.42 Å². The molecule has 0 saturated carbocycles. The van der Waals surface area contributed by atoms with Crippen LogP contribution in [0.25, 0.3) is 0 Å². The molecule has 1 aliphatic rings. The number of nitrogens with zero attached hydrogens (tertiary/aromatic N) is 2. The highest BCUT2D eigenvalue weighted by molar-refractivity contribution is 6.05. The van der Waals surface area contributed by atoms with Gasteiger partial charge in [0.05, 0.1) is 11.3 Å². The van der Waals surface area contributed by atoms with Gasteiger partial charge in [0.25, 0.3) is 5.91 Å². The number of likely N-dealkylation sites (N-methyl/N-ethyl adjacent to an activating group) is 1. The molecule has 0 fully saturated rings. The van der Waals surface area contributed by atoms with Crippen LogP contribution in [0, 0.1) is 0 Å². The SMILES string of the molecule is CN1C=C(C(=O)n2cccc2C(=O)Cc2ccccc2)C=CC1. The normalized spacial score (nSPS) is 13.8. The van der Waals surface area contributed by atoms with Gasteiger partial charge < -0.3 is 4.90 Å². The summed E-state index contributed by atoms with van der Waals surface area (Å²) in [6, 6.07) is 13.0. The van der Waals surface area contributed by atoms with E-state index < -0.39 is 0 Å². The van der Waals surface area contributed by atoms with Crippen LogP contribution in [0.15, 0.2) is 72.6 Å². The Bertz CT molecular complexity index is 785. The molecule has 1 aromatic heterocycles. The maximum atomic E-state index is 12.6. The first-order valence-corrected chi connectivity index (χ1v) is 7.53. The Kier molecular flexibility index (Phi) is 4.24. The number of carbonyl (C=O) groups excluding carboxylic acids is 2. The van der Waals surface area contributed by atoms with Gasteiger partial charge in [0, 0.05) is 32.4 Å². The molecule has 3 rings (SSSR count). The van der Waals surface area contributed by atoms with Crippen LogP contribution in [0.3, 0.4) is 0 Å². The summed E-state index contributed by atoms with van der Waals surface area (Å²) in [5, 5.41) is 0. The fourth-order valence-electron chi connectivity index (χ4n) is 2.60. The van der Waals surface area contributed by atoms with Crippen molar-refractivity contribution in [1.82, 2.24) is 9.47 Å². The highest BCUT2D eigenvalue weighted by atomic mass is 16.2. The summed E-state index contributed by atoms with van der Waals surface area (Å²) in [5.74, 6) is -0.252. The second-order valence-electron chi connectivity index (χ2n) is 5.58. The van der Waals surface area contributed by atoms with Gasteiger partial charge in [0.2, 0.25) is 0 Å². The zero-order valence-electron chi connectivity index (χ0n) is 13.0. The van der Waals surface area contributed by atoms with Gasteiger partial charge in [0.15, 0.2) is 5.78 Å². The third-order valence-electron chi connectivity index (χ3n) is 3.76. The van der Waals surface area contributed by atoms with Crippen molar-refractivity contribution in [3.63, 3.8) is 0 Å². The molecule has 4 heteroatoms. The Morgan fingerprint density at radius 3 is 2.61 bits per heavy atom. The first-order chi connectivity index (χ1) is 11.1. The molecule has 1 aromatic carbocycles. The molecule has 1 aliphatic heterocycles. The maximum Gasteiger partial charge on any atom is 0.263 e. The lowest BCUT2D eigenvalue weighted by Gasteiger charge is -2.17. The predicted molar refractivity (Wildman–Crippen MR) is 89.4 cm³/mol. The van der Waals surface area contributed by atoms with Crippen molar-refractivity contribution in [2.45, 2.75) is 6.42 Å². The number of rotatable bonds is 4. The first kappa shape index (κ1) is 15.0. The van der Waals surface area contributed by atoms with E-state index in [1.165, 1.54) is 4.57 Å². The number of hydrogen-bond donors (Lipinski definition) is 0. The summed E-state index contributed by atoms with van der Waals surface area (Å²) in [6.45, 7) is 0.780. The monoisotopic (exact) mass is 306 g/mol. The molecule has 116 valence electrons. The number of ketones is 1. The van der Waals surface area contributed by atoms with Crippen LogP contribution in [0.2, 0.25) is 0 Å². The third-order valence-corrected chi connectivity index (χ3v) is 3.76. The quantitative estimate of drug-likeness (QED) is 0.816. The number of hydrogen-bond acceptors (Lipinski definition) is 3. The van der Waals surface area contributed by atoms with Gasteiger partial charge in [-0.05, 0) is 17.7 Å². The summed E-state index contributed by atoms with van der Waals surface area (Å²) in [5.41, 5.74) is 1.93. The second kappa shape index (κ2) is 6.48. The molecular weight excluding hydrogens is 288 g/mol. The average Bonchev–Trinajstić information content (AvgIpc) is 3.05. The summed E-state index contributed by atoms with van der Waals surface area (Å²) in [7, 11) is 1.91. The summed E-state index contributed by atoms with van der Waals surface area (Å²) >= 11 is 0. The number of aromatic nitrogens is 1. The number of benzene rings is 1. The lowest BCUT2D eigenvalue weighted by atomic mass is 10.1. The van der Waals surface area contributed by atoms with E-state index in [1.54, 1.807) is 30.6 Å². The molecule has 2 heterocycles. The van der Waals surface area contributed by atoms with Gasteiger partial charge in [-0.25, -0.2) is 0 Å². The van der Waals surface area contributed by atoms with Crippen molar-refractivity contribution >= 4 is 11.7 Å². The zero-order chi connectivity index (χ0) is 16.2. The maximum absolute atomic E-state index is 12.6. The first-order valence-electron chi connectivity index (χ1n) is 7.53. The molecule has 0 bridgehead atoms. The van der Waals surface area contributed by atoms with Crippen molar-refractivity contribution in [1.29, 1.82) is 0 Å². The molecule has 4 nitrogen and oxygen atoms in total. The van der Waals surface area contributed by atoms with E-state index in [9.17, 15) is 9.59 Å². The van der Waals surface area contributed by atoms with E-state index in [1.807, 2.05) is 48.4 Å². The molecule has 0 saturated heterocycles. The molecule has 23 heavy (non-hydrogen) atoms. The number of allylic oxidation sites excluding steroid dienone is 2. The van der Waals surface area contributed by atoms with Crippen molar-refractivity contribution in [2.24, 2.45) is 0 Å². The molecule has 0 amide bonds. The molecule has 2 aromatic rings. The standard InChI is InChI=1S/C19H18N2O2/c1-20-11-5-9-16(14-20)19(23)21-12-6-10-17(21)18(22)13-15-7-3-2-4-8-15/h2-10,12,14H,11,13H2,1H3. The lowest BCUT2D eigenvalue weighted by Crippen LogP contribution is -2.22. The molecule has 0 N–H and O–H groups in total. The van der Waals surface area contributed by atoms with E-state index in [0.717, 1.165) is 12.1 Å². The summed E-state index contributed by atoms with van der Waals surface area (Å²) < 4.78 is 1.43. The minimum atomic E-state index is -0.186. The van der Waals surface area contributed by atoms with Crippen LogP contribution >= 0.6 is 0 Å². The van der Waals surface area contributed by atoms with Crippen molar-refractivity contribution in [3.8, 4) is 0 Å². The van der Waals surface area contributed by atoms with Gasteiger partial charge in [0.1, 0.15) is 0 Å². The highest BCUT2D eigenvalue weighted by Gasteiger charge is 2.19. The van der Waals surface area contributed by atoms with Crippen molar-refractivity contribution < 1.29 is 9.59 Å². The predicted octanol–water partition coefficient (Wildman–Crippen LogP) is 2.94. The van der Waals surface area contributed by atoms with E-state index >= 15 is 0 Å². The van der Waals surface area contributed by atoms with Crippen LogP contribution < -0.4 is 0 Å². The topological polar surface area (TPSA) is 42.3 Å². The van der Waals surface area contributed by atoms with Gasteiger partial charge in [-0.3, -0.25) is 14.2 Å². The lowest BCUT2D eigenvalue weighted by molar-refractivity contribution is 0.0918. The molecule has 0 unspecified atom stereocenters. The Labute approximate surface area is 135 Å². The Morgan fingerprint density at radius 1 is 1.09 bits per heavy atom. The Balaban J connectivity index is 1.83. The smallest absolute Gasteiger partial charge is 0.263 e. The zero-order valence-corrected chi connectivity index (χ0v) is 13.0. The summed E-state index contributed by atoms with van der Waals surface area (Å²) in [6.07, 6.45) is 7.46. The van der Waals surface area contributed by atoms with E-state index in [0.29, 0.717) is 11.3 Å². The van der Waals surface area contributed by atoms with E-state index in [4.69, 9.17) is 0 Å². The average molecular weight is 306 g/mol. The second-order valence-corrected chi connectivity index (χ2v) is 5.58. The minimum absolute atomic E-state index is 0.0664. The Hall–Kier alpha value is -2.88. The fraction of sp³-hybridized carbons (Fsp3) is 0.158. The minimum Gasteiger partial charge on any atom is -0.376 e. The van der Waals surface area contributed by atoms with Crippen LogP contribution in [0.5, 0.6) is 0 Å². The Morgan fingerprint density at radius 2 is 1.87 bits per heavy atom. The van der Waals surface area contributed by atoms with Gasteiger partial charge >= 0.3 is 0 Å². The van der Waals surface area contributed by atoms with Crippen molar-refractivity contribution in [3.05, 3.63) is 83.8 Å². The molecule has 0 radical (unpaired) electrons. The molecule has 0 spiro atoms. The molecule has 0 aliphatic carbocycles. The molecular formula is C19H18N2O2. The van der Waals surface area contributed by atoms with Crippen LogP contribution in [-0.4, -0.2) is 34.7 Å². The largest absolute Gasteiger partial charge is 0.376 e. The van der Waals surface area contributed by atoms with Gasteiger partial charge in [-0.2, -0.15) is 0 Å². The van der Waals surface area contributed by atoms with Gasteiger partial charge in [-0.1, -0.05) is 42.5 Å². The van der Waals surface area contributed by atoms with Crippen molar-refractivity contribution in [2.75, 3.05) is 13.6 Å². The highest BCUT2D eigenvalue weighted by Crippen LogP contribution is 2.14. The number of Topliss-reactive ketones (excluding diaryl/α,β-unsaturated/α-hetero) is 1.